The Kier molecular flexibility index (Phi) is 3.23. The van der Waals surface area contributed by atoms with Gasteiger partial charge in [0.15, 0.2) is 17.7 Å². The van der Waals surface area contributed by atoms with Crippen molar-refractivity contribution in [2.45, 2.75) is 70.1 Å². The van der Waals surface area contributed by atoms with Crippen LogP contribution in [0.3, 0.4) is 0 Å². The molecule has 3 fully saturated rings. The summed E-state index contributed by atoms with van der Waals surface area (Å²) >= 11 is 0. The van der Waals surface area contributed by atoms with E-state index >= 15 is 0 Å². The Balaban J connectivity index is 1.82. The summed E-state index contributed by atoms with van der Waals surface area (Å²) in [5.74, 6) is -3.08. The number of Topliss-reactive ketones (excluding diaryl/α,β-unsaturated/α-hetero) is 1. The van der Waals surface area contributed by atoms with Crippen molar-refractivity contribution < 1.29 is 28.5 Å². The molecule has 0 aromatic rings. The maximum absolute atomic E-state index is 12.7. The second-order valence-corrected chi connectivity index (χ2v) is 6.03. The van der Waals surface area contributed by atoms with Gasteiger partial charge in [-0.15, -0.1) is 0 Å². The molecular formula is C14H22O6. The summed E-state index contributed by atoms with van der Waals surface area (Å²) in [5, 5.41) is 0. The highest BCUT2D eigenvalue weighted by Crippen LogP contribution is 2.43. The quantitative estimate of drug-likeness (QED) is 0.764. The SMILES string of the molecule is CCC1(CC)OC[C@]2(OC[C@H]3OC(C)(C)O[C@H]3C2=O)O1. The minimum Gasteiger partial charge on any atom is -0.344 e. The summed E-state index contributed by atoms with van der Waals surface area (Å²) in [7, 11) is 0. The van der Waals surface area contributed by atoms with Crippen LogP contribution in [0.5, 0.6) is 0 Å². The molecule has 6 heteroatoms. The van der Waals surface area contributed by atoms with Crippen LogP contribution in [0.1, 0.15) is 40.5 Å². The van der Waals surface area contributed by atoms with E-state index in [2.05, 4.69) is 0 Å². The van der Waals surface area contributed by atoms with Gasteiger partial charge in [-0.3, -0.25) is 4.79 Å². The van der Waals surface area contributed by atoms with E-state index in [1.807, 2.05) is 13.8 Å². The first kappa shape index (κ1) is 14.4. The van der Waals surface area contributed by atoms with Crippen LogP contribution in [0.15, 0.2) is 0 Å². The Morgan fingerprint density at radius 1 is 1.15 bits per heavy atom. The minimum absolute atomic E-state index is 0.112. The molecule has 0 amide bonds. The molecule has 0 N–H and O–H groups in total. The van der Waals surface area contributed by atoms with Crippen molar-refractivity contribution in [1.29, 1.82) is 0 Å². The van der Waals surface area contributed by atoms with Crippen LogP contribution in [0, 0.1) is 0 Å². The molecule has 3 aliphatic heterocycles. The van der Waals surface area contributed by atoms with Gasteiger partial charge in [0.25, 0.3) is 5.79 Å². The van der Waals surface area contributed by atoms with E-state index in [0.717, 1.165) is 0 Å². The van der Waals surface area contributed by atoms with Crippen LogP contribution in [0.2, 0.25) is 0 Å². The molecule has 0 unspecified atom stereocenters. The minimum atomic E-state index is -1.34. The molecule has 3 atom stereocenters. The Morgan fingerprint density at radius 3 is 2.45 bits per heavy atom. The first-order valence-corrected chi connectivity index (χ1v) is 7.23. The summed E-state index contributed by atoms with van der Waals surface area (Å²) < 4.78 is 28.7. The predicted molar refractivity (Wildman–Crippen MR) is 67.9 cm³/mol. The molecule has 0 aromatic heterocycles. The second-order valence-electron chi connectivity index (χ2n) is 6.03. The zero-order chi connectivity index (χ0) is 14.6. The standard InChI is InChI=1S/C14H22O6/c1-5-13(6-2)17-8-14(20-13)11(15)10-9(7-16-14)18-12(3,4)19-10/h9-10H,5-8H2,1-4H3/t9-,10-,14+/m1/s1. The number of rotatable bonds is 2. The van der Waals surface area contributed by atoms with E-state index < -0.39 is 23.5 Å². The van der Waals surface area contributed by atoms with Crippen molar-refractivity contribution in [3.05, 3.63) is 0 Å². The van der Waals surface area contributed by atoms with Crippen LogP contribution >= 0.6 is 0 Å². The highest BCUT2D eigenvalue weighted by Gasteiger charge is 2.63. The summed E-state index contributed by atoms with van der Waals surface area (Å²) in [6, 6.07) is 0. The average molecular weight is 286 g/mol. The summed E-state index contributed by atoms with van der Waals surface area (Å²) in [6.45, 7) is 7.90. The molecule has 0 saturated carbocycles. The predicted octanol–water partition coefficient (Wildman–Crippen LogP) is 1.37. The number of hydrogen-bond acceptors (Lipinski definition) is 6. The summed E-state index contributed by atoms with van der Waals surface area (Å²) in [5.41, 5.74) is 0. The molecule has 114 valence electrons. The third-order valence-electron chi connectivity index (χ3n) is 4.25. The van der Waals surface area contributed by atoms with Gasteiger partial charge in [0.1, 0.15) is 12.7 Å². The largest absolute Gasteiger partial charge is 0.344 e. The molecular weight excluding hydrogens is 264 g/mol. The van der Waals surface area contributed by atoms with E-state index in [0.29, 0.717) is 12.8 Å². The maximum Gasteiger partial charge on any atom is 0.258 e. The van der Waals surface area contributed by atoms with E-state index in [1.54, 1.807) is 13.8 Å². The van der Waals surface area contributed by atoms with E-state index in [4.69, 9.17) is 23.7 Å². The molecule has 1 spiro atoms. The van der Waals surface area contributed by atoms with Gasteiger partial charge in [0, 0.05) is 0 Å². The van der Waals surface area contributed by atoms with Crippen LogP contribution < -0.4 is 0 Å². The molecule has 3 heterocycles. The smallest absolute Gasteiger partial charge is 0.258 e. The number of fused-ring (bicyclic) bond motifs is 1. The van der Waals surface area contributed by atoms with Crippen molar-refractivity contribution >= 4 is 5.78 Å². The lowest BCUT2D eigenvalue weighted by molar-refractivity contribution is -0.273. The lowest BCUT2D eigenvalue weighted by Gasteiger charge is -2.36. The second kappa shape index (κ2) is 4.48. The monoisotopic (exact) mass is 286 g/mol. The van der Waals surface area contributed by atoms with Crippen molar-refractivity contribution in [1.82, 2.24) is 0 Å². The third-order valence-corrected chi connectivity index (χ3v) is 4.25. The molecule has 3 saturated heterocycles. The van der Waals surface area contributed by atoms with Gasteiger partial charge < -0.3 is 23.7 Å². The fraction of sp³-hybridized carbons (Fsp3) is 0.929. The zero-order valence-electron chi connectivity index (χ0n) is 12.4. The fourth-order valence-corrected chi connectivity index (χ4v) is 3.06. The number of carbonyl (C=O) groups is 1. The Morgan fingerprint density at radius 2 is 1.85 bits per heavy atom. The number of ketones is 1. The Labute approximate surface area is 118 Å². The van der Waals surface area contributed by atoms with Gasteiger partial charge in [0.05, 0.1) is 6.61 Å². The zero-order valence-corrected chi connectivity index (χ0v) is 12.4. The van der Waals surface area contributed by atoms with Crippen molar-refractivity contribution in [2.24, 2.45) is 0 Å². The molecule has 6 nitrogen and oxygen atoms in total. The number of carbonyl (C=O) groups excluding carboxylic acids is 1. The third kappa shape index (κ3) is 2.02. The van der Waals surface area contributed by atoms with E-state index in [1.165, 1.54) is 0 Å². The van der Waals surface area contributed by atoms with Gasteiger partial charge in [-0.25, -0.2) is 0 Å². The van der Waals surface area contributed by atoms with Crippen LogP contribution in [-0.4, -0.2) is 48.6 Å². The fourth-order valence-electron chi connectivity index (χ4n) is 3.06. The van der Waals surface area contributed by atoms with Gasteiger partial charge >= 0.3 is 0 Å². The highest BCUT2D eigenvalue weighted by atomic mass is 16.8. The van der Waals surface area contributed by atoms with Gasteiger partial charge in [-0.05, 0) is 26.7 Å². The van der Waals surface area contributed by atoms with Crippen LogP contribution in [0.25, 0.3) is 0 Å². The van der Waals surface area contributed by atoms with Gasteiger partial charge in [-0.1, -0.05) is 13.8 Å². The summed E-state index contributed by atoms with van der Waals surface area (Å²) in [6.07, 6.45) is 0.314. The number of ether oxygens (including phenoxy) is 5. The Bertz CT molecular complexity index is 416. The molecule has 3 aliphatic rings. The van der Waals surface area contributed by atoms with E-state index in [9.17, 15) is 4.79 Å². The van der Waals surface area contributed by atoms with Crippen LogP contribution in [-0.2, 0) is 28.5 Å². The molecule has 0 radical (unpaired) electrons. The van der Waals surface area contributed by atoms with Gasteiger partial charge in [0.2, 0.25) is 5.78 Å². The number of hydrogen-bond donors (Lipinski definition) is 0. The van der Waals surface area contributed by atoms with Gasteiger partial charge in [-0.2, -0.15) is 0 Å². The Hall–Kier alpha value is -0.530. The lowest BCUT2D eigenvalue weighted by atomic mass is 9.99. The van der Waals surface area contributed by atoms with Crippen molar-refractivity contribution in [3.8, 4) is 0 Å². The molecule has 0 aromatic carbocycles. The topological polar surface area (TPSA) is 63.2 Å². The first-order chi connectivity index (χ1) is 9.35. The molecule has 0 aliphatic carbocycles. The van der Waals surface area contributed by atoms with E-state index in [-0.39, 0.29) is 25.1 Å². The molecule has 3 rings (SSSR count). The normalized spacial score (nSPS) is 42.1. The molecule has 20 heavy (non-hydrogen) atoms. The van der Waals surface area contributed by atoms with Crippen molar-refractivity contribution in [3.63, 3.8) is 0 Å². The summed E-state index contributed by atoms with van der Waals surface area (Å²) in [4.78, 5) is 12.7. The highest BCUT2D eigenvalue weighted by molar-refractivity contribution is 5.92. The van der Waals surface area contributed by atoms with Crippen molar-refractivity contribution in [2.75, 3.05) is 13.2 Å². The first-order valence-electron chi connectivity index (χ1n) is 7.23. The maximum atomic E-state index is 12.7. The van der Waals surface area contributed by atoms with Crippen LogP contribution in [0.4, 0.5) is 0 Å². The lowest BCUT2D eigenvalue weighted by Crippen LogP contribution is -2.59. The molecule has 0 bridgehead atoms. The average Bonchev–Trinajstić information content (AvgIpc) is 2.94.